The fourth-order valence-corrected chi connectivity index (χ4v) is 1.68. The second-order valence-electron chi connectivity index (χ2n) is 3.45. The number of hydrogen-bond acceptors (Lipinski definition) is 3. The van der Waals surface area contributed by atoms with Gasteiger partial charge in [0.25, 0.3) is 0 Å². The van der Waals surface area contributed by atoms with Gasteiger partial charge in [0.15, 0.2) is 0 Å². The molecule has 0 saturated heterocycles. The van der Waals surface area contributed by atoms with E-state index in [4.69, 9.17) is 4.74 Å². The van der Waals surface area contributed by atoms with Gasteiger partial charge in [0.2, 0.25) is 0 Å². The summed E-state index contributed by atoms with van der Waals surface area (Å²) < 4.78 is 4.92. The fourth-order valence-electron chi connectivity index (χ4n) is 1.68. The first-order valence-electron chi connectivity index (χ1n) is 4.90. The van der Waals surface area contributed by atoms with Crippen LogP contribution in [0.4, 0.5) is 0 Å². The quantitative estimate of drug-likeness (QED) is 0.748. The van der Waals surface area contributed by atoms with Crippen molar-refractivity contribution in [1.29, 1.82) is 0 Å². The molecule has 0 aliphatic heterocycles. The topological polar surface area (TPSA) is 46.5 Å². The van der Waals surface area contributed by atoms with Gasteiger partial charge in [-0.05, 0) is 36.3 Å². The Morgan fingerprint density at radius 2 is 2.33 bits per heavy atom. The minimum absolute atomic E-state index is 0.229. The number of hydrogen-bond donors (Lipinski definition) is 1. The van der Waals surface area contributed by atoms with Crippen LogP contribution in [0.5, 0.6) is 5.75 Å². The highest BCUT2D eigenvalue weighted by atomic mass is 16.5. The summed E-state index contributed by atoms with van der Waals surface area (Å²) in [5.41, 5.74) is 2.60. The molecule has 0 saturated carbocycles. The molecule has 1 aromatic rings. The number of carbonyl (C=O) groups excluding carboxylic acids is 1. The summed E-state index contributed by atoms with van der Waals surface area (Å²) in [6, 6.07) is 5.10. The number of phenolic OH excluding ortho intramolecular Hbond substituents is 1. The van der Waals surface area contributed by atoms with Gasteiger partial charge in [-0.1, -0.05) is 6.07 Å². The highest BCUT2D eigenvalue weighted by Gasteiger charge is 2.19. The highest BCUT2D eigenvalue weighted by molar-refractivity contribution is 5.96. The predicted molar refractivity (Wildman–Crippen MR) is 56.4 cm³/mol. The first-order chi connectivity index (χ1) is 7.20. The van der Waals surface area contributed by atoms with Crippen molar-refractivity contribution in [3.8, 4) is 5.75 Å². The fraction of sp³-hybridized carbons (Fsp3) is 0.250. The van der Waals surface area contributed by atoms with Crippen LogP contribution in [0.25, 0.3) is 6.08 Å². The summed E-state index contributed by atoms with van der Waals surface area (Å²) >= 11 is 0. The zero-order chi connectivity index (χ0) is 10.8. The lowest BCUT2D eigenvalue weighted by molar-refractivity contribution is -0.138. The molecule has 0 unspecified atom stereocenters. The number of aromatic hydroxyl groups is 1. The molecule has 0 atom stereocenters. The maximum Gasteiger partial charge on any atom is 0.334 e. The van der Waals surface area contributed by atoms with Gasteiger partial charge in [0.05, 0.1) is 6.61 Å². The number of phenols is 1. The molecule has 15 heavy (non-hydrogen) atoms. The molecular formula is C12H12O3. The zero-order valence-corrected chi connectivity index (χ0v) is 8.49. The Morgan fingerprint density at radius 1 is 1.53 bits per heavy atom. The molecule has 1 N–H and O–H groups in total. The third-order valence-electron chi connectivity index (χ3n) is 2.37. The van der Waals surface area contributed by atoms with Gasteiger partial charge in [0, 0.05) is 12.0 Å². The van der Waals surface area contributed by atoms with Crippen LogP contribution >= 0.6 is 0 Å². The van der Waals surface area contributed by atoms with Gasteiger partial charge in [-0.25, -0.2) is 4.79 Å². The Morgan fingerprint density at radius 3 is 3.07 bits per heavy atom. The van der Waals surface area contributed by atoms with Crippen molar-refractivity contribution in [3.63, 3.8) is 0 Å². The Kier molecular flexibility index (Phi) is 2.46. The second-order valence-corrected chi connectivity index (χ2v) is 3.45. The molecule has 0 fully saturated rings. The minimum atomic E-state index is -0.270. The molecule has 1 aliphatic carbocycles. The lowest BCUT2D eigenvalue weighted by atomic mass is 10.1. The number of esters is 1. The maximum atomic E-state index is 11.4. The van der Waals surface area contributed by atoms with Crippen molar-refractivity contribution >= 4 is 12.0 Å². The molecule has 0 bridgehead atoms. The smallest absolute Gasteiger partial charge is 0.334 e. The Labute approximate surface area is 88.0 Å². The summed E-state index contributed by atoms with van der Waals surface area (Å²) in [7, 11) is 0. The van der Waals surface area contributed by atoms with E-state index in [-0.39, 0.29) is 11.7 Å². The lowest BCUT2D eigenvalue weighted by Gasteiger charge is -2.01. The molecule has 0 heterocycles. The Balaban J connectivity index is 2.21. The minimum Gasteiger partial charge on any atom is -0.508 e. The van der Waals surface area contributed by atoms with Gasteiger partial charge in [0.1, 0.15) is 5.75 Å². The van der Waals surface area contributed by atoms with E-state index in [0.717, 1.165) is 11.1 Å². The van der Waals surface area contributed by atoms with E-state index in [1.807, 2.05) is 6.08 Å². The molecule has 1 aliphatic rings. The average molecular weight is 204 g/mol. The van der Waals surface area contributed by atoms with Crippen LogP contribution in [0.2, 0.25) is 0 Å². The number of fused-ring (bicyclic) bond motifs is 1. The Hall–Kier alpha value is -1.77. The molecule has 0 aromatic heterocycles. The van der Waals surface area contributed by atoms with Crippen molar-refractivity contribution in [2.75, 3.05) is 6.61 Å². The van der Waals surface area contributed by atoms with E-state index < -0.39 is 0 Å². The SMILES string of the molecule is CCOC(=O)C1=Cc2ccc(O)cc2C1. The third kappa shape index (κ3) is 1.86. The number of rotatable bonds is 2. The van der Waals surface area contributed by atoms with Crippen molar-refractivity contribution in [1.82, 2.24) is 0 Å². The van der Waals surface area contributed by atoms with E-state index in [1.54, 1.807) is 25.1 Å². The molecule has 0 amide bonds. The average Bonchev–Trinajstić information content (AvgIpc) is 2.60. The standard InChI is InChI=1S/C12H12O3/c1-2-15-12(14)10-5-8-3-4-11(13)7-9(8)6-10/h3-5,7,13H,2,6H2,1H3. The second kappa shape index (κ2) is 3.77. The van der Waals surface area contributed by atoms with Gasteiger partial charge in [-0.2, -0.15) is 0 Å². The van der Waals surface area contributed by atoms with Gasteiger partial charge in [-0.3, -0.25) is 0 Å². The summed E-state index contributed by atoms with van der Waals surface area (Å²) in [6.45, 7) is 2.17. The van der Waals surface area contributed by atoms with Gasteiger partial charge in [-0.15, -0.1) is 0 Å². The number of carbonyl (C=O) groups is 1. The Bertz CT molecular complexity index is 432. The molecule has 1 aromatic carbocycles. The largest absolute Gasteiger partial charge is 0.508 e. The lowest BCUT2D eigenvalue weighted by Crippen LogP contribution is -2.07. The van der Waals surface area contributed by atoms with Gasteiger partial charge < -0.3 is 9.84 Å². The normalized spacial score (nSPS) is 13.3. The number of ether oxygens (including phenoxy) is 1. The van der Waals surface area contributed by atoms with Crippen LogP contribution in [-0.4, -0.2) is 17.7 Å². The molecule has 78 valence electrons. The molecule has 3 nitrogen and oxygen atoms in total. The highest BCUT2D eigenvalue weighted by Crippen LogP contribution is 2.28. The third-order valence-corrected chi connectivity index (χ3v) is 2.37. The van der Waals surface area contributed by atoms with Crippen LogP contribution in [-0.2, 0) is 16.0 Å². The molecule has 2 rings (SSSR count). The summed E-state index contributed by atoms with van der Waals surface area (Å²) in [4.78, 5) is 11.4. The van der Waals surface area contributed by atoms with Crippen molar-refractivity contribution in [2.24, 2.45) is 0 Å². The van der Waals surface area contributed by atoms with Crippen molar-refractivity contribution < 1.29 is 14.6 Å². The first-order valence-corrected chi connectivity index (χ1v) is 4.90. The van der Waals surface area contributed by atoms with E-state index in [0.29, 0.717) is 18.6 Å². The van der Waals surface area contributed by atoms with Crippen LogP contribution in [0.15, 0.2) is 23.8 Å². The van der Waals surface area contributed by atoms with Crippen LogP contribution < -0.4 is 0 Å². The van der Waals surface area contributed by atoms with Crippen LogP contribution in [0, 0.1) is 0 Å². The van der Waals surface area contributed by atoms with Crippen molar-refractivity contribution in [2.45, 2.75) is 13.3 Å². The molecule has 0 radical (unpaired) electrons. The van der Waals surface area contributed by atoms with E-state index in [2.05, 4.69) is 0 Å². The molecular weight excluding hydrogens is 192 g/mol. The van der Waals surface area contributed by atoms with Crippen LogP contribution in [0.3, 0.4) is 0 Å². The number of benzene rings is 1. The van der Waals surface area contributed by atoms with Crippen LogP contribution in [0.1, 0.15) is 18.1 Å². The predicted octanol–water partition coefficient (Wildman–Crippen LogP) is 1.89. The summed E-state index contributed by atoms with van der Waals surface area (Å²) in [5, 5.41) is 9.29. The molecule has 3 heteroatoms. The zero-order valence-electron chi connectivity index (χ0n) is 8.49. The molecule has 0 spiro atoms. The summed E-state index contributed by atoms with van der Waals surface area (Å²) in [5.74, 6) is -0.0413. The van der Waals surface area contributed by atoms with E-state index in [1.165, 1.54) is 0 Å². The first kappa shape index (κ1) is 9.77. The summed E-state index contributed by atoms with van der Waals surface area (Å²) in [6.07, 6.45) is 2.36. The van der Waals surface area contributed by atoms with Crippen molar-refractivity contribution in [3.05, 3.63) is 34.9 Å². The monoisotopic (exact) mass is 204 g/mol. The van der Waals surface area contributed by atoms with E-state index in [9.17, 15) is 9.90 Å². The maximum absolute atomic E-state index is 11.4. The van der Waals surface area contributed by atoms with E-state index >= 15 is 0 Å². The van der Waals surface area contributed by atoms with Gasteiger partial charge >= 0.3 is 5.97 Å².